The zero-order valence-corrected chi connectivity index (χ0v) is 11.8. The van der Waals surface area contributed by atoms with Crippen LogP contribution in [-0.4, -0.2) is 19.3 Å². The lowest BCUT2D eigenvalue weighted by atomic mass is 9.87. The molecule has 0 heterocycles. The van der Waals surface area contributed by atoms with Crippen LogP contribution in [-0.2, 0) is 4.74 Å². The van der Waals surface area contributed by atoms with Gasteiger partial charge in [0.25, 0.3) is 0 Å². The fraction of sp³-hybridized carbons (Fsp3) is 1.00. The van der Waals surface area contributed by atoms with Gasteiger partial charge < -0.3 is 10.5 Å². The summed E-state index contributed by atoms with van der Waals surface area (Å²) in [6.45, 7) is 6.24. The van der Waals surface area contributed by atoms with Gasteiger partial charge in [0.1, 0.15) is 0 Å². The van der Waals surface area contributed by atoms with Crippen molar-refractivity contribution in [2.24, 2.45) is 11.1 Å². The van der Waals surface area contributed by atoms with E-state index in [2.05, 4.69) is 13.8 Å². The molecule has 1 rings (SSSR count). The first-order valence-electron chi connectivity index (χ1n) is 7.46. The third-order valence-corrected chi connectivity index (χ3v) is 3.96. The van der Waals surface area contributed by atoms with Crippen molar-refractivity contribution in [3.05, 3.63) is 0 Å². The topological polar surface area (TPSA) is 35.2 Å². The highest BCUT2D eigenvalue weighted by Gasteiger charge is 2.15. The van der Waals surface area contributed by atoms with Crippen molar-refractivity contribution >= 4 is 0 Å². The molecule has 0 spiro atoms. The van der Waals surface area contributed by atoms with E-state index >= 15 is 0 Å². The van der Waals surface area contributed by atoms with Crippen LogP contribution in [0.3, 0.4) is 0 Å². The lowest BCUT2D eigenvalue weighted by Crippen LogP contribution is -2.23. The molecule has 1 fully saturated rings. The predicted octanol–water partition coefficient (Wildman–Crippen LogP) is 3.88. The SMILES string of the molecule is CC(C)(CN)CCCCOC1CCCCCC1. The molecule has 2 nitrogen and oxygen atoms in total. The van der Waals surface area contributed by atoms with Gasteiger partial charge in [0.05, 0.1) is 6.10 Å². The van der Waals surface area contributed by atoms with Crippen LogP contribution in [0.5, 0.6) is 0 Å². The highest BCUT2D eigenvalue weighted by Crippen LogP contribution is 2.22. The second kappa shape index (κ2) is 8.10. The van der Waals surface area contributed by atoms with Gasteiger partial charge >= 0.3 is 0 Å². The van der Waals surface area contributed by atoms with E-state index in [4.69, 9.17) is 10.5 Å². The first kappa shape index (κ1) is 15.0. The first-order chi connectivity index (χ1) is 8.14. The largest absolute Gasteiger partial charge is 0.378 e. The van der Waals surface area contributed by atoms with Crippen molar-refractivity contribution in [2.75, 3.05) is 13.2 Å². The van der Waals surface area contributed by atoms with Gasteiger partial charge in [-0.25, -0.2) is 0 Å². The molecule has 0 radical (unpaired) electrons. The molecule has 17 heavy (non-hydrogen) atoms. The van der Waals surface area contributed by atoms with E-state index in [1.165, 1.54) is 57.8 Å². The van der Waals surface area contributed by atoms with E-state index in [1.807, 2.05) is 0 Å². The van der Waals surface area contributed by atoms with Gasteiger partial charge in [0.15, 0.2) is 0 Å². The zero-order valence-electron chi connectivity index (χ0n) is 11.8. The van der Waals surface area contributed by atoms with E-state index in [-0.39, 0.29) is 0 Å². The monoisotopic (exact) mass is 241 g/mol. The third kappa shape index (κ3) is 7.05. The zero-order chi connectivity index (χ0) is 12.6. The predicted molar refractivity (Wildman–Crippen MR) is 74.1 cm³/mol. The Morgan fingerprint density at radius 2 is 1.71 bits per heavy atom. The van der Waals surface area contributed by atoms with Gasteiger partial charge in [-0.05, 0) is 37.6 Å². The Morgan fingerprint density at radius 3 is 2.29 bits per heavy atom. The van der Waals surface area contributed by atoms with Crippen molar-refractivity contribution in [1.82, 2.24) is 0 Å². The summed E-state index contributed by atoms with van der Waals surface area (Å²) < 4.78 is 5.98. The van der Waals surface area contributed by atoms with Crippen LogP contribution in [0.2, 0.25) is 0 Å². The van der Waals surface area contributed by atoms with Crippen LogP contribution in [0.25, 0.3) is 0 Å². The molecule has 1 saturated carbocycles. The summed E-state index contributed by atoms with van der Waals surface area (Å²) in [6, 6.07) is 0. The lowest BCUT2D eigenvalue weighted by Gasteiger charge is -2.22. The minimum atomic E-state index is 0.308. The second-order valence-corrected chi connectivity index (χ2v) is 6.31. The molecule has 1 aliphatic carbocycles. The normalized spacial score (nSPS) is 19.2. The van der Waals surface area contributed by atoms with Crippen LogP contribution in [0.4, 0.5) is 0 Å². The smallest absolute Gasteiger partial charge is 0.0575 e. The quantitative estimate of drug-likeness (QED) is 0.542. The van der Waals surface area contributed by atoms with E-state index < -0.39 is 0 Å². The van der Waals surface area contributed by atoms with Gasteiger partial charge in [-0.3, -0.25) is 0 Å². The minimum Gasteiger partial charge on any atom is -0.378 e. The molecule has 2 heteroatoms. The number of hydrogen-bond donors (Lipinski definition) is 1. The summed E-state index contributed by atoms with van der Waals surface area (Å²) in [6.07, 6.45) is 12.3. The van der Waals surface area contributed by atoms with Crippen molar-refractivity contribution in [3.8, 4) is 0 Å². The summed E-state index contributed by atoms with van der Waals surface area (Å²) in [5, 5.41) is 0. The molecular weight excluding hydrogens is 210 g/mol. The van der Waals surface area contributed by atoms with Crippen LogP contribution in [0.1, 0.15) is 71.6 Å². The molecule has 0 bridgehead atoms. The van der Waals surface area contributed by atoms with Crippen LogP contribution in [0, 0.1) is 5.41 Å². The Bertz CT molecular complexity index is 183. The average molecular weight is 241 g/mol. The van der Waals surface area contributed by atoms with E-state index in [0.29, 0.717) is 11.5 Å². The Kier molecular flexibility index (Phi) is 7.14. The lowest BCUT2D eigenvalue weighted by molar-refractivity contribution is 0.0398. The van der Waals surface area contributed by atoms with Crippen molar-refractivity contribution < 1.29 is 4.74 Å². The van der Waals surface area contributed by atoms with Gasteiger partial charge in [0.2, 0.25) is 0 Å². The minimum absolute atomic E-state index is 0.308. The van der Waals surface area contributed by atoms with Gasteiger partial charge in [-0.1, -0.05) is 46.0 Å². The maximum Gasteiger partial charge on any atom is 0.0575 e. The summed E-state index contributed by atoms with van der Waals surface area (Å²) >= 11 is 0. The fourth-order valence-corrected chi connectivity index (χ4v) is 2.47. The Hall–Kier alpha value is -0.0800. The molecule has 0 amide bonds. The highest BCUT2D eigenvalue weighted by atomic mass is 16.5. The van der Waals surface area contributed by atoms with E-state index in [0.717, 1.165) is 13.2 Å². The van der Waals surface area contributed by atoms with E-state index in [1.54, 1.807) is 0 Å². The highest BCUT2D eigenvalue weighted by molar-refractivity contribution is 4.69. The first-order valence-corrected chi connectivity index (χ1v) is 7.46. The van der Waals surface area contributed by atoms with Gasteiger partial charge in [-0.2, -0.15) is 0 Å². The summed E-state index contributed by atoms with van der Waals surface area (Å²) in [5.41, 5.74) is 6.03. The third-order valence-electron chi connectivity index (χ3n) is 3.96. The summed E-state index contributed by atoms with van der Waals surface area (Å²) in [4.78, 5) is 0. The molecule has 0 aromatic heterocycles. The van der Waals surface area contributed by atoms with Crippen molar-refractivity contribution in [2.45, 2.75) is 77.7 Å². The Morgan fingerprint density at radius 1 is 1.06 bits per heavy atom. The van der Waals surface area contributed by atoms with E-state index in [9.17, 15) is 0 Å². The molecule has 0 unspecified atom stereocenters. The van der Waals surface area contributed by atoms with Crippen LogP contribution >= 0.6 is 0 Å². The molecule has 0 saturated heterocycles. The van der Waals surface area contributed by atoms with Crippen molar-refractivity contribution in [1.29, 1.82) is 0 Å². The maximum atomic E-state index is 5.98. The van der Waals surface area contributed by atoms with Gasteiger partial charge in [0, 0.05) is 6.61 Å². The number of hydrogen-bond acceptors (Lipinski definition) is 2. The number of unbranched alkanes of at least 4 members (excludes halogenated alkanes) is 1. The molecule has 0 aromatic carbocycles. The number of ether oxygens (including phenoxy) is 1. The molecule has 102 valence electrons. The standard InChI is InChI=1S/C15H31NO/c1-15(2,13-16)11-7-8-12-17-14-9-5-3-4-6-10-14/h14H,3-13,16H2,1-2H3. The molecule has 0 aliphatic heterocycles. The summed E-state index contributed by atoms with van der Waals surface area (Å²) in [7, 11) is 0. The van der Waals surface area contributed by atoms with Gasteiger partial charge in [-0.15, -0.1) is 0 Å². The number of nitrogens with two attached hydrogens (primary N) is 1. The Balaban J connectivity index is 1.99. The maximum absolute atomic E-state index is 5.98. The second-order valence-electron chi connectivity index (χ2n) is 6.31. The van der Waals surface area contributed by atoms with Crippen LogP contribution in [0.15, 0.2) is 0 Å². The fourth-order valence-electron chi connectivity index (χ4n) is 2.47. The molecular formula is C15H31NO. The molecule has 0 atom stereocenters. The van der Waals surface area contributed by atoms with Crippen molar-refractivity contribution in [3.63, 3.8) is 0 Å². The van der Waals surface area contributed by atoms with Crippen LogP contribution < -0.4 is 5.73 Å². The molecule has 2 N–H and O–H groups in total. The summed E-state index contributed by atoms with van der Waals surface area (Å²) in [5.74, 6) is 0. The Labute approximate surface area is 107 Å². The molecule has 1 aliphatic rings. The average Bonchev–Trinajstić information content (AvgIpc) is 2.57. The molecule has 0 aromatic rings. The number of rotatable bonds is 7.